The van der Waals surface area contributed by atoms with Crippen molar-refractivity contribution in [3.05, 3.63) is 59.8 Å². The molecular weight excluding hydrogens is 540 g/mol. The average Bonchev–Trinajstić information content (AvgIpc) is 3.32. The van der Waals surface area contributed by atoms with Crippen molar-refractivity contribution in [3.63, 3.8) is 0 Å². The highest BCUT2D eigenvalue weighted by atomic mass is 127. The summed E-state index contributed by atoms with van der Waals surface area (Å²) in [6.45, 7) is 9.17. The van der Waals surface area contributed by atoms with Crippen molar-refractivity contribution in [2.24, 2.45) is 7.05 Å². The van der Waals surface area contributed by atoms with Gasteiger partial charge in [0.2, 0.25) is 5.91 Å². The van der Waals surface area contributed by atoms with E-state index in [4.69, 9.17) is 0 Å². The fraction of sp³-hybridized carbons (Fsp3) is 0.174. The number of hydrogen-bond acceptors (Lipinski definition) is 4. The predicted molar refractivity (Wildman–Crippen MR) is 137 cm³/mol. The van der Waals surface area contributed by atoms with Crippen LogP contribution in [-0.4, -0.2) is 25.7 Å². The van der Waals surface area contributed by atoms with Gasteiger partial charge in [0.05, 0.1) is 11.2 Å². The van der Waals surface area contributed by atoms with Gasteiger partial charge in [0, 0.05) is 73.5 Å². The van der Waals surface area contributed by atoms with Crippen LogP contribution in [0.1, 0.15) is 16.8 Å². The van der Waals surface area contributed by atoms with Crippen LogP contribution in [0.3, 0.4) is 0 Å². The Hall–Kier alpha value is -2.66. The van der Waals surface area contributed by atoms with Crippen molar-refractivity contribution in [2.45, 2.75) is 25.8 Å². The zero-order valence-corrected chi connectivity index (χ0v) is 21.0. The molecule has 4 rings (SSSR count). The van der Waals surface area contributed by atoms with Gasteiger partial charge in [0.1, 0.15) is 11.5 Å². The van der Waals surface area contributed by atoms with Gasteiger partial charge in [-0.15, -0.1) is 0 Å². The number of carbonyl (C=O) groups is 1. The minimum absolute atomic E-state index is 0.369. The lowest BCUT2D eigenvalue weighted by Crippen LogP contribution is -2.09. The van der Waals surface area contributed by atoms with Gasteiger partial charge >= 0.3 is 0 Å². The molecule has 0 atom stereocenters. The maximum atomic E-state index is 14.9. The molecule has 0 fully saturated rings. The Bertz CT molecular complexity index is 1390. The van der Waals surface area contributed by atoms with Crippen molar-refractivity contribution in [1.82, 2.24) is 19.7 Å². The normalized spacial score (nSPS) is 11.2. The van der Waals surface area contributed by atoms with Gasteiger partial charge in [-0.3, -0.25) is 9.48 Å². The summed E-state index contributed by atoms with van der Waals surface area (Å²) in [6.07, 6.45) is 4.84. The van der Waals surface area contributed by atoms with E-state index >= 15 is 0 Å². The largest absolute Gasteiger partial charge is 0.333 e. The first-order chi connectivity index (χ1) is 15.3. The zero-order valence-electron chi connectivity index (χ0n) is 18.0. The number of anilines is 1. The van der Waals surface area contributed by atoms with E-state index in [1.807, 2.05) is 38.0 Å². The Morgan fingerprint density at radius 2 is 2.00 bits per heavy atom. The Morgan fingerprint density at radius 1 is 1.25 bits per heavy atom. The molecule has 6 nitrogen and oxygen atoms in total. The van der Waals surface area contributed by atoms with Gasteiger partial charge in [-0.05, 0) is 59.0 Å². The summed E-state index contributed by atoms with van der Waals surface area (Å²) in [5.41, 5.74) is 7.04. The van der Waals surface area contributed by atoms with Crippen molar-refractivity contribution in [2.75, 3.05) is 5.32 Å². The number of fused-ring (bicyclic) bond motifs is 1. The summed E-state index contributed by atoms with van der Waals surface area (Å²) in [5, 5.41) is 8.84. The van der Waals surface area contributed by atoms with Gasteiger partial charge in [-0.2, -0.15) is 5.10 Å². The molecule has 0 saturated heterocycles. The van der Waals surface area contributed by atoms with Crippen LogP contribution in [0.2, 0.25) is 0 Å². The SMILES string of the molecule is C=CC(=O)Nc1cc(-c2c(SI)[nH]c3ncc(-c4cnn(C)c4C)c(C)c23)cc(F)c1C. The Morgan fingerprint density at radius 3 is 2.62 bits per heavy atom. The highest BCUT2D eigenvalue weighted by Gasteiger charge is 2.22. The van der Waals surface area contributed by atoms with Gasteiger partial charge in [-0.25, -0.2) is 9.37 Å². The van der Waals surface area contributed by atoms with Gasteiger partial charge in [-0.1, -0.05) is 6.58 Å². The van der Waals surface area contributed by atoms with Crippen molar-refractivity contribution in [3.8, 4) is 22.3 Å². The molecule has 0 aliphatic rings. The molecule has 0 spiro atoms. The zero-order chi connectivity index (χ0) is 23.2. The average molecular weight is 561 g/mol. The summed E-state index contributed by atoms with van der Waals surface area (Å²) in [4.78, 5) is 19.9. The monoisotopic (exact) mass is 561 g/mol. The van der Waals surface area contributed by atoms with E-state index in [9.17, 15) is 9.18 Å². The minimum Gasteiger partial charge on any atom is -0.333 e. The molecule has 9 heteroatoms. The Labute approximate surface area is 201 Å². The number of benzene rings is 1. The number of H-pyrrole nitrogens is 1. The molecule has 0 radical (unpaired) electrons. The van der Waals surface area contributed by atoms with Crippen LogP contribution in [0.5, 0.6) is 0 Å². The van der Waals surface area contributed by atoms with Crippen molar-refractivity contribution in [1.29, 1.82) is 0 Å². The number of hydrogen-bond donors (Lipinski definition) is 2. The molecule has 0 aliphatic carbocycles. The highest BCUT2D eigenvalue weighted by molar-refractivity contribution is 14.2. The van der Waals surface area contributed by atoms with E-state index in [1.165, 1.54) is 21.1 Å². The molecule has 4 aromatic rings. The number of amides is 1. The summed E-state index contributed by atoms with van der Waals surface area (Å²) < 4.78 is 16.7. The third-order valence-corrected chi connectivity index (χ3v) is 7.51. The Kier molecular flexibility index (Phi) is 6.13. The fourth-order valence-electron chi connectivity index (χ4n) is 3.79. The van der Waals surface area contributed by atoms with E-state index in [-0.39, 0.29) is 5.91 Å². The third-order valence-electron chi connectivity index (χ3n) is 5.73. The molecule has 0 unspecified atom stereocenters. The summed E-state index contributed by atoms with van der Waals surface area (Å²) in [5.74, 6) is -0.787. The van der Waals surface area contributed by atoms with Crippen molar-refractivity contribution >= 4 is 52.8 Å². The second-order valence-electron chi connectivity index (χ2n) is 7.52. The highest BCUT2D eigenvalue weighted by Crippen LogP contribution is 2.44. The van der Waals surface area contributed by atoms with Crippen LogP contribution in [0.4, 0.5) is 10.1 Å². The van der Waals surface area contributed by atoms with Crippen LogP contribution in [0.25, 0.3) is 33.3 Å². The van der Waals surface area contributed by atoms with Gasteiger partial charge < -0.3 is 10.3 Å². The van der Waals surface area contributed by atoms with Crippen LogP contribution < -0.4 is 5.32 Å². The van der Waals surface area contributed by atoms with Crippen LogP contribution in [0, 0.1) is 26.6 Å². The maximum Gasteiger partial charge on any atom is 0.247 e. The molecule has 3 heterocycles. The molecular formula is C23H21FIN5OS. The molecule has 164 valence electrons. The number of carbonyl (C=O) groups excluding carboxylic acids is 1. The maximum absolute atomic E-state index is 14.9. The van der Waals surface area contributed by atoms with E-state index in [0.29, 0.717) is 16.8 Å². The molecule has 0 aliphatic heterocycles. The smallest absolute Gasteiger partial charge is 0.247 e. The number of halogens is 2. The first kappa shape index (κ1) is 22.5. The molecule has 2 N–H and O–H groups in total. The fourth-order valence-corrected chi connectivity index (χ4v) is 5.21. The second kappa shape index (κ2) is 8.70. The molecule has 3 aromatic heterocycles. The summed E-state index contributed by atoms with van der Waals surface area (Å²) >= 11 is 2.20. The van der Waals surface area contributed by atoms with E-state index in [2.05, 4.69) is 48.2 Å². The summed E-state index contributed by atoms with van der Waals surface area (Å²) in [7, 11) is 3.40. The predicted octanol–water partition coefficient (Wildman–Crippen LogP) is 6.26. The Balaban J connectivity index is 2.00. The van der Waals surface area contributed by atoms with E-state index in [1.54, 1.807) is 13.0 Å². The lowest BCUT2D eigenvalue weighted by Gasteiger charge is -2.13. The van der Waals surface area contributed by atoms with Crippen LogP contribution >= 0.6 is 30.1 Å². The molecule has 1 amide bonds. The topological polar surface area (TPSA) is 75.6 Å². The number of nitrogens with one attached hydrogen (secondary N) is 2. The first-order valence-electron chi connectivity index (χ1n) is 9.79. The van der Waals surface area contributed by atoms with Gasteiger partial charge in [0.25, 0.3) is 0 Å². The van der Waals surface area contributed by atoms with Crippen molar-refractivity contribution < 1.29 is 9.18 Å². The molecule has 0 bridgehead atoms. The number of aromatic nitrogens is 4. The number of pyridine rings is 1. The quantitative estimate of drug-likeness (QED) is 0.223. The number of aromatic amines is 1. The summed E-state index contributed by atoms with van der Waals surface area (Å²) in [6, 6.07) is 3.29. The standard InChI is InChI=1S/C23H21FIN5OS/c1-6-19(31)28-18-8-14(7-17(24)12(18)3)21-20-11(2)15(16-10-27-30(5)13(16)4)9-26-22(20)29-23(21)32-25/h6-10H,1H2,2-5H3,(H,26,29)(H,28,31). The lowest BCUT2D eigenvalue weighted by molar-refractivity contribution is -0.111. The number of nitrogens with zero attached hydrogens (tertiary/aromatic N) is 3. The number of rotatable bonds is 5. The molecule has 32 heavy (non-hydrogen) atoms. The third kappa shape index (κ3) is 3.73. The lowest BCUT2D eigenvalue weighted by atomic mass is 9.96. The molecule has 0 saturated carbocycles. The van der Waals surface area contributed by atoms with Crippen LogP contribution in [-0.2, 0) is 11.8 Å². The number of aryl methyl sites for hydroxylation is 2. The van der Waals surface area contributed by atoms with E-state index in [0.717, 1.165) is 44.0 Å². The molecule has 1 aromatic carbocycles. The minimum atomic E-state index is -0.398. The first-order valence-corrected chi connectivity index (χ1v) is 13.2. The van der Waals surface area contributed by atoms with Crippen LogP contribution in [0.15, 0.2) is 42.2 Å². The van der Waals surface area contributed by atoms with E-state index < -0.39 is 5.82 Å². The second-order valence-corrected chi connectivity index (χ2v) is 9.40. The van der Waals surface area contributed by atoms with Gasteiger partial charge in [0.15, 0.2) is 0 Å².